The van der Waals surface area contributed by atoms with Gasteiger partial charge in [-0.25, -0.2) is 0 Å². The smallest absolute Gasteiger partial charge is 0.255 e. The molecular weight excluding hydrogens is 452 g/mol. The monoisotopic (exact) mass is 482 g/mol. The number of rotatable bonds is 5. The molecule has 1 amide bonds. The van der Waals surface area contributed by atoms with Gasteiger partial charge in [-0.3, -0.25) is 4.79 Å². The van der Waals surface area contributed by atoms with Crippen molar-refractivity contribution in [3.8, 4) is 16.9 Å². The second kappa shape index (κ2) is 10.1. The van der Waals surface area contributed by atoms with Crippen LogP contribution < -0.4 is 0 Å². The van der Waals surface area contributed by atoms with Crippen LogP contribution >= 0.6 is 11.6 Å². The van der Waals surface area contributed by atoms with Crippen LogP contribution in [0.25, 0.3) is 16.9 Å². The number of hydrogen-bond donors (Lipinski definition) is 0. The summed E-state index contributed by atoms with van der Waals surface area (Å²) < 4.78 is 2.20. The maximum absolute atomic E-state index is 13.7. The predicted octanol–water partition coefficient (Wildman–Crippen LogP) is 7.51. The molecule has 0 aliphatic carbocycles. The van der Waals surface area contributed by atoms with Crippen molar-refractivity contribution in [1.82, 2.24) is 9.47 Å². The topological polar surface area (TPSA) is 25.2 Å². The highest BCUT2D eigenvalue weighted by molar-refractivity contribution is 6.30. The van der Waals surface area contributed by atoms with Crippen molar-refractivity contribution < 1.29 is 4.79 Å². The quantitative estimate of drug-likeness (QED) is 0.289. The SMILES string of the molecule is Cc1cccc(-n2c(-c3ccc(Cl)cc3)cc(C(=O)N3CCC(Cc4ccccc4)CC3)c2C)c1. The molecule has 4 heteroatoms. The van der Waals surface area contributed by atoms with E-state index in [-0.39, 0.29) is 5.91 Å². The van der Waals surface area contributed by atoms with Gasteiger partial charge >= 0.3 is 0 Å². The van der Waals surface area contributed by atoms with Crippen molar-refractivity contribution in [2.45, 2.75) is 33.1 Å². The van der Waals surface area contributed by atoms with E-state index in [0.717, 1.165) is 60.6 Å². The first kappa shape index (κ1) is 23.4. The first-order valence-electron chi connectivity index (χ1n) is 12.4. The highest BCUT2D eigenvalue weighted by Crippen LogP contribution is 2.32. The predicted molar refractivity (Wildman–Crippen MR) is 144 cm³/mol. The van der Waals surface area contributed by atoms with E-state index in [4.69, 9.17) is 11.6 Å². The van der Waals surface area contributed by atoms with Crippen LogP contribution in [-0.2, 0) is 6.42 Å². The van der Waals surface area contributed by atoms with Crippen LogP contribution in [0, 0.1) is 19.8 Å². The molecule has 4 aromatic rings. The molecule has 0 atom stereocenters. The van der Waals surface area contributed by atoms with Gasteiger partial charge < -0.3 is 9.47 Å². The van der Waals surface area contributed by atoms with E-state index in [2.05, 4.69) is 79.1 Å². The van der Waals surface area contributed by atoms with Crippen LogP contribution in [-0.4, -0.2) is 28.5 Å². The van der Waals surface area contributed by atoms with Crippen molar-refractivity contribution in [3.05, 3.63) is 112 Å². The molecule has 0 unspecified atom stereocenters. The Balaban J connectivity index is 1.42. The first-order valence-corrected chi connectivity index (χ1v) is 12.8. The minimum absolute atomic E-state index is 0.127. The second-order valence-corrected chi connectivity index (χ2v) is 10.1. The zero-order chi connectivity index (χ0) is 24.4. The van der Waals surface area contributed by atoms with Gasteiger partial charge in [0.05, 0.1) is 11.3 Å². The van der Waals surface area contributed by atoms with E-state index < -0.39 is 0 Å². The van der Waals surface area contributed by atoms with Crippen molar-refractivity contribution in [3.63, 3.8) is 0 Å². The fourth-order valence-corrected chi connectivity index (χ4v) is 5.34. The number of carbonyl (C=O) groups excluding carboxylic acids is 1. The number of amides is 1. The van der Waals surface area contributed by atoms with Crippen molar-refractivity contribution >= 4 is 17.5 Å². The zero-order valence-electron chi connectivity index (χ0n) is 20.4. The molecule has 5 rings (SSSR count). The average Bonchev–Trinajstić information content (AvgIpc) is 3.22. The normalized spacial score (nSPS) is 14.3. The van der Waals surface area contributed by atoms with E-state index in [1.165, 1.54) is 11.1 Å². The fraction of sp³-hybridized carbons (Fsp3) is 0.258. The molecule has 1 aliphatic heterocycles. The molecule has 0 spiro atoms. The van der Waals surface area contributed by atoms with E-state index in [1.807, 2.05) is 29.2 Å². The van der Waals surface area contributed by atoms with Crippen LogP contribution in [0.2, 0.25) is 5.02 Å². The molecule has 1 fully saturated rings. The Kier molecular flexibility index (Phi) is 6.79. The zero-order valence-corrected chi connectivity index (χ0v) is 21.1. The van der Waals surface area contributed by atoms with Crippen molar-refractivity contribution in [2.75, 3.05) is 13.1 Å². The van der Waals surface area contributed by atoms with Gasteiger partial charge in [0.15, 0.2) is 0 Å². The summed E-state index contributed by atoms with van der Waals surface area (Å²) in [4.78, 5) is 15.8. The number of likely N-dealkylation sites (tertiary alicyclic amines) is 1. The molecule has 1 saturated heterocycles. The van der Waals surface area contributed by atoms with E-state index in [0.29, 0.717) is 10.9 Å². The number of nitrogens with zero attached hydrogens (tertiary/aromatic N) is 2. The average molecular weight is 483 g/mol. The van der Waals surface area contributed by atoms with E-state index in [1.54, 1.807) is 0 Å². The van der Waals surface area contributed by atoms with Gasteiger partial charge in [-0.2, -0.15) is 0 Å². The summed E-state index contributed by atoms with van der Waals surface area (Å²) in [7, 11) is 0. The van der Waals surface area contributed by atoms with Crippen molar-refractivity contribution in [1.29, 1.82) is 0 Å². The Morgan fingerprint density at radius 2 is 1.60 bits per heavy atom. The number of hydrogen-bond acceptors (Lipinski definition) is 1. The third-order valence-corrected chi connectivity index (χ3v) is 7.40. The van der Waals surface area contributed by atoms with Crippen LogP contribution in [0.4, 0.5) is 0 Å². The lowest BCUT2D eigenvalue weighted by Crippen LogP contribution is -2.39. The van der Waals surface area contributed by atoms with Gasteiger partial charge in [-0.15, -0.1) is 0 Å². The molecule has 1 aliphatic rings. The Hall–Kier alpha value is -3.30. The summed E-state index contributed by atoms with van der Waals surface area (Å²) in [5.74, 6) is 0.756. The minimum Gasteiger partial charge on any atom is -0.339 e. The number of benzene rings is 3. The summed E-state index contributed by atoms with van der Waals surface area (Å²) in [6.07, 6.45) is 3.18. The summed E-state index contributed by atoms with van der Waals surface area (Å²) in [6, 6.07) is 29.0. The van der Waals surface area contributed by atoms with Crippen LogP contribution in [0.3, 0.4) is 0 Å². The van der Waals surface area contributed by atoms with Crippen molar-refractivity contribution in [2.24, 2.45) is 5.92 Å². The molecular formula is C31H31ClN2O. The molecule has 0 bridgehead atoms. The number of piperidine rings is 1. The first-order chi connectivity index (χ1) is 17.0. The lowest BCUT2D eigenvalue weighted by molar-refractivity contribution is 0.0690. The summed E-state index contributed by atoms with van der Waals surface area (Å²) in [5.41, 5.74) is 7.43. The molecule has 3 nitrogen and oxygen atoms in total. The lowest BCUT2D eigenvalue weighted by Gasteiger charge is -2.32. The second-order valence-electron chi connectivity index (χ2n) is 9.64. The van der Waals surface area contributed by atoms with Gasteiger partial charge in [0.1, 0.15) is 0 Å². The highest BCUT2D eigenvalue weighted by atomic mass is 35.5. The summed E-state index contributed by atoms with van der Waals surface area (Å²) >= 11 is 6.16. The lowest BCUT2D eigenvalue weighted by atomic mass is 9.90. The number of aryl methyl sites for hydroxylation is 1. The van der Waals surface area contributed by atoms with Crippen LogP contribution in [0.1, 0.15) is 40.0 Å². The van der Waals surface area contributed by atoms with Gasteiger partial charge in [-0.05, 0) is 86.1 Å². The van der Waals surface area contributed by atoms with Gasteiger partial charge in [0.25, 0.3) is 5.91 Å². The Morgan fingerprint density at radius 1 is 0.886 bits per heavy atom. The Bertz CT molecular complexity index is 1320. The maximum atomic E-state index is 13.7. The molecule has 0 N–H and O–H groups in total. The summed E-state index contributed by atoms with van der Waals surface area (Å²) in [6.45, 7) is 5.76. The van der Waals surface area contributed by atoms with Gasteiger partial charge in [0.2, 0.25) is 0 Å². The molecule has 178 valence electrons. The number of halogens is 1. The van der Waals surface area contributed by atoms with Gasteiger partial charge in [0, 0.05) is 29.5 Å². The third-order valence-electron chi connectivity index (χ3n) is 7.15. The standard InChI is InChI=1S/C31H31ClN2O/c1-22-7-6-10-28(19-22)34-23(2)29(21-30(34)26-11-13-27(32)14-12-26)31(35)33-17-15-25(16-18-33)20-24-8-4-3-5-9-24/h3-14,19,21,25H,15-18,20H2,1-2H3. The van der Waals surface area contributed by atoms with Crippen LogP contribution in [0.15, 0.2) is 84.9 Å². The van der Waals surface area contributed by atoms with E-state index >= 15 is 0 Å². The minimum atomic E-state index is 0.127. The Labute approximate surface area is 213 Å². The molecule has 0 radical (unpaired) electrons. The molecule has 35 heavy (non-hydrogen) atoms. The largest absolute Gasteiger partial charge is 0.339 e. The van der Waals surface area contributed by atoms with Crippen LogP contribution in [0.5, 0.6) is 0 Å². The number of aromatic nitrogens is 1. The molecule has 2 heterocycles. The molecule has 1 aromatic heterocycles. The Morgan fingerprint density at radius 3 is 2.29 bits per heavy atom. The maximum Gasteiger partial charge on any atom is 0.255 e. The summed E-state index contributed by atoms with van der Waals surface area (Å²) in [5, 5.41) is 0.703. The third kappa shape index (κ3) is 5.06. The molecule has 3 aromatic carbocycles. The number of carbonyl (C=O) groups is 1. The highest BCUT2D eigenvalue weighted by Gasteiger charge is 2.27. The fourth-order valence-electron chi connectivity index (χ4n) is 5.21. The van der Waals surface area contributed by atoms with Gasteiger partial charge in [-0.1, -0.05) is 66.2 Å². The molecule has 0 saturated carbocycles. The van der Waals surface area contributed by atoms with E-state index in [9.17, 15) is 4.79 Å².